The molecule has 4 rings (SSSR count). The normalized spacial score (nSPS) is 24.8. The number of hydrogen-bond donors (Lipinski definition) is 2. The molecule has 6 nitrogen and oxygen atoms in total. The molecule has 2 N–H and O–H groups in total. The Hall–Kier alpha value is -2.05. The Balaban J connectivity index is 1.38. The molecule has 1 aromatic heterocycles. The van der Waals surface area contributed by atoms with Crippen molar-refractivity contribution >= 4 is 16.9 Å². The number of fused-ring (bicyclic) bond motifs is 1. The van der Waals surface area contributed by atoms with Crippen molar-refractivity contribution in [2.45, 2.75) is 31.6 Å². The summed E-state index contributed by atoms with van der Waals surface area (Å²) in [6, 6.07) is 10.5. The molecule has 2 atom stereocenters. The number of rotatable bonds is 3. The zero-order valence-corrected chi connectivity index (χ0v) is 14.7. The molecule has 25 heavy (non-hydrogen) atoms. The number of hydrogen-bond acceptors (Lipinski definition) is 3. The number of aromatic nitrogens is 1. The van der Waals surface area contributed by atoms with Gasteiger partial charge in [0, 0.05) is 38.0 Å². The first-order valence-corrected chi connectivity index (χ1v) is 9.09. The fourth-order valence-electron chi connectivity index (χ4n) is 3.72. The van der Waals surface area contributed by atoms with E-state index >= 15 is 0 Å². The van der Waals surface area contributed by atoms with Crippen LogP contribution in [0, 0.1) is 0 Å². The highest BCUT2D eigenvalue weighted by atomic mass is 16.5. The Morgan fingerprint density at radius 1 is 1.28 bits per heavy atom. The lowest BCUT2D eigenvalue weighted by atomic mass is 10.1. The molecule has 0 bridgehead atoms. The minimum absolute atomic E-state index is 0.142. The van der Waals surface area contributed by atoms with Crippen LogP contribution in [-0.4, -0.2) is 61.4 Å². The Morgan fingerprint density at radius 2 is 2.16 bits per heavy atom. The Kier molecular flexibility index (Phi) is 4.90. The number of aromatic amines is 1. The zero-order valence-electron chi connectivity index (χ0n) is 14.7. The van der Waals surface area contributed by atoms with Gasteiger partial charge in [-0.1, -0.05) is 18.2 Å². The maximum absolute atomic E-state index is 5.93. The molecule has 1 aromatic carbocycles. The van der Waals surface area contributed by atoms with Crippen LogP contribution >= 0.6 is 0 Å². The SMILES string of the molecule is CN=C(NCc1cc2ccccc2[nH]1)N1CCOC(C2CCCO2)C1. The number of guanidine groups is 1. The van der Waals surface area contributed by atoms with Crippen LogP contribution in [0.15, 0.2) is 35.3 Å². The van der Waals surface area contributed by atoms with Gasteiger partial charge in [-0.25, -0.2) is 0 Å². The quantitative estimate of drug-likeness (QED) is 0.663. The van der Waals surface area contributed by atoms with E-state index in [0.29, 0.717) is 0 Å². The van der Waals surface area contributed by atoms with Crippen molar-refractivity contribution < 1.29 is 9.47 Å². The predicted molar refractivity (Wildman–Crippen MR) is 98.8 cm³/mol. The van der Waals surface area contributed by atoms with Crippen molar-refractivity contribution in [1.82, 2.24) is 15.2 Å². The Morgan fingerprint density at radius 3 is 2.96 bits per heavy atom. The third kappa shape index (κ3) is 3.65. The summed E-state index contributed by atoms with van der Waals surface area (Å²) in [5.74, 6) is 0.921. The smallest absolute Gasteiger partial charge is 0.194 e. The van der Waals surface area contributed by atoms with Crippen LogP contribution in [0.5, 0.6) is 0 Å². The molecular formula is C19H26N4O2. The van der Waals surface area contributed by atoms with Crippen LogP contribution in [0.3, 0.4) is 0 Å². The predicted octanol–water partition coefficient (Wildman–Crippen LogP) is 2.12. The molecule has 2 aromatic rings. The largest absolute Gasteiger partial charge is 0.375 e. The van der Waals surface area contributed by atoms with Gasteiger partial charge in [0.2, 0.25) is 0 Å². The number of para-hydroxylation sites is 1. The molecule has 0 amide bonds. The molecule has 2 unspecified atom stereocenters. The van der Waals surface area contributed by atoms with E-state index in [-0.39, 0.29) is 12.2 Å². The van der Waals surface area contributed by atoms with Gasteiger partial charge in [0.05, 0.1) is 19.3 Å². The van der Waals surface area contributed by atoms with E-state index in [0.717, 1.165) is 57.3 Å². The summed E-state index contributed by atoms with van der Waals surface area (Å²) in [5.41, 5.74) is 2.32. The minimum atomic E-state index is 0.142. The summed E-state index contributed by atoms with van der Waals surface area (Å²) in [6.07, 6.45) is 2.61. The maximum atomic E-state index is 5.93. The molecule has 6 heteroatoms. The van der Waals surface area contributed by atoms with E-state index in [9.17, 15) is 0 Å². The minimum Gasteiger partial charge on any atom is -0.375 e. The summed E-state index contributed by atoms with van der Waals surface area (Å²) in [7, 11) is 1.84. The van der Waals surface area contributed by atoms with E-state index in [1.807, 2.05) is 13.1 Å². The van der Waals surface area contributed by atoms with Crippen molar-refractivity contribution in [1.29, 1.82) is 0 Å². The summed E-state index contributed by atoms with van der Waals surface area (Å²) >= 11 is 0. The van der Waals surface area contributed by atoms with Crippen LogP contribution in [0.4, 0.5) is 0 Å². The fourth-order valence-corrected chi connectivity index (χ4v) is 3.72. The lowest BCUT2D eigenvalue weighted by molar-refractivity contribution is -0.0817. The van der Waals surface area contributed by atoms with E-state index in [2.05, 4.69) is 44.5 Å². The number of aliphatic imine (C=N–C) groups is 1. The van der Waals surface area contributed by atoms with E-state index in [1.165, 1.54) is 10.9 Å². The van der Waals surface area contributed by atoms with Gasteiger partial charge in [0.1, 0.15) is 6.10 Å². The third-order valence-corrected chi connectivity index (χ3v) is 5.01. The number of benzene rings is 1. The standard InChI is InChI=1S/C19H26N4O2/c1-20-19(21-12-15-11-14-5-2-3-6-16(14)22-15)23-8-10-25-18(13-23)17-7-4-9-24-17/h2-3,5-6,11,17-18,22H,4,7-10,12-13H2,1H3,(H,20,21). The van der Waals surface area contributed by atoms with Crippen LogP contribution in [0.25, 0.3) is 10.9 Å². The van der Waals surface area contributed by atoms with Gasteiger partial charge in [-0.3, -0.25) is 4.99 Å². The first kappa shape index (κ1) is 16.4. The van der Waals surface area contributed by atoms with E-state index in [1.54, 1.807) is 0 Å². The van der Waals surface area contributed by atoms with Crippen molar-refractivity contribution in [2.75, 3.05) is 33.4 Å². The van der Waals surface area contributed by atoms with E-state index in [4.69, 9.17) is 9.47 Å². The van der Waals surface area contributed by atoms with Gasteiger partial charge >= 0.3 is 0 Å². The molecule has 0 radical (unpaired) electrons. The zero-order chi connectivity index (χ0) is 17.1. The number of nitrogens with one attached hydrogen (secondary N) is 2. The lowest BCUT2D eigenvalue weighted by Crippen LogP contribution is -2.53. The molecule has 2 aliphatic heterocycles. The van der Waals surface area contributed by atoms with Gasteiger partial charge < -0.3 is 24.7 Å². The number of nitrogens with zero attached hydrogens (tertiary/aromatic N) is 2. The number of H-pyrrole nitrogens is 1. The van der Waals surface area contributed by atoms with Crippen molar-refractivity contribution in [3.05, 3.63) is 36.0 Å². The second-order valence-electron chi connectivity index (χ2n) is 6.69. The van der Waals surface area contributed by atoms with Gasteiger partial charge in [0.15, 0.2) is 5.96 Å². The molecule has 0 aliphatic carbocycles. The van der Waals surface area contributed by atoms with Crippen molar-refractivity contribution in [3.8, 4) is 0 Å². The van der Waals surface area contributed by atoms with Gasteiger partial charge in [-0.2, -0.15) is 0 Å². The highest BCUT2D eigenvalue weighted by molar-refractivity contribution is 5.82. The van der Waals surface area contributed by atoms with Crippen LogP contribution in [0.2, 0.25) is 0 Å². The second kappa shape index (κ2) is 7.45. The monoisotopic (exact) mass is 342 g/mol. The summed E-state index contributed by atoms with van der Waals surface area (Å²) in [6.45, 7) is 3.99. The maximum Gasteiger partial charge on any atom is 0.194 e. The first-order chi connectivity index (χ1) is 12.3. The summed E-state index contributed by atoms with van der Waals surface area (Å²) in [4.78, 5) is 10.2. The fraction of sp³-hybridized carbons (Fsp3) is 0.526. The Bertz CT molecular complexity index is 703. The first-order valence-electron chi connectivity index (χ1n) is 9.09. The molecule has 0 spiro atoms. The average Bonchev–Trinajstić information content (AvgIpc) is 3.32. The molecular weight excluding hydrogens is 316 g/mol. The molecule has 0 saturated carbocycles. The van der Waals surface area contributed by atoms with Gasteiger partial charge in [-0.05, 0) is 30.4 Å². The highest BCUT2D eigenvalue weighted by Crippen LogP contribution is 2.21. The van der Waals surface area contributed by atoms with E-state index < -0.39 is 0 Å². The lowest BCUT2D eigenvalue weighted by Gasteiger charge is -2.37. The summed E-state index contributed by atoms with van der Waals surface area (Å²) in [5, 5.41) is 4.71. The molecule has 134 valence electrons. The molecule has 3 heterocycles. The van der Waals surface area contributed by atoms with Crippen LogP contribution in [0.1, 0.15) is 18.5 Å². The number of ether oxygens (including phenoxy) is 2. The van der Waals surface area contributed by atoms with Crippen LogP contribution in [-0.2, 0) is 16.0 Å². The van der Waals surface area contributed by atoms with Crippen LogP contribution < -0.4 is 5.32 Å². The highest BCUT2D eigenvalue weighted by Gasteiger charge is 2.32. The summed E-state index contributed by atoms with van der Waals surface area (Å²) < 4.78 is 11.7. The van der Waals surface area contributed by atoms with Crippen molar-refractivity contribution in [3.63, 3.8) is 0 Å². The van der Waals surface area contributed by atoms with Gasteiger partial charge in [0.25, 0.3) is 0 Å². The Labute approximate surface area is 148 Å². The van der Waals surface area contributed by atoms with Crippen molar-refractivity contribution in [2.24, 2.45) is 4.99 Å². The molecule has 2 fully saturated rings. The topological polar surface area (TPSA) is 61.9 Å². The third-order valence-electron chi connectivity index (χ3n) is 5.01. The second-order valence-corrected chi connectivity index (χ2v) is 6.69. The molecule has 2 saturated heterocycles. The number of morpholine rings is 1. The molecule has 2 aliphatic rings. The van der Waals surface area contributed by atoms with Gasteiger partial charge in [-0.15, -0.1) is 0 Å². The average molecular weight is 342 g/mol.